The number of epoxide rings is 4. The second-order valence-corrected chi connectivity index (χ2v) is 9.09. The largest absolute Gasteiger partial charge is 0.400 e. The van der Waals surface area contributed by atoms with Crippen molar-refractivity contribution in [2.45, 2.75) is 63.9 Å². The molecule has 26 heavy (non-hydrogen) atoms. The van der Waals surface area contributed by atoms with Gasteiger partial charge in [0, 0.05) is 22.9 Å². The molecule has 0 radical (unpaired) electrons. The highest BCUT2D eigenvalue weighted by atomic mass is 16.6. The fourth-order valence-electron chi connectivity index (χ4n) is 4.96. The van der Waals surface area contributed by atoms with Gasteiger partial charge in [-0.25, -0.2) is 0 Å². The smallest absolute Gasteiger partial charge is 0.0850 e. The maximum Gasteiger partial charge on any atom is 0.0850 e. The van der Waals surface area contributed by atoms with Crippen LogP contribution in [-0.2, 0) is 18.9 Å². The molecule has 4 fully saturated rings. The number of hydrogen-bond acceptors (Lipinski definition) is 6. The minimum absolute atomic E-state index is 0.108. The molecular weight excluding hydrogens is 332 g/mol. The van der Waals surface area contributed by atoms with E-state index in [0.29, 0.717) is 12.2 Å². The average Bonchev–Trinajstić information content (AvgIpc) is 3.45. The molecule has 4 saturated heterocycles. The van der Waals surface area contributed by atoms with E-state index in [1.54, 1.807) is 0 Å². The molecule has 6 atom stereocenters. The van der Waals surface area contributed by atoms with Crippen molar-refractivity contribution in [1.82, 2.24) is 0 Å². The van der Waals surface area contributed by atoms with E-state index in [-0.39, 0.29) is 23.0 Å². The average molecular weight is 362 g/mol. The molecule has 0 aromatic carbocycles. The van der Waals surface area contributed by atoms with Crippen molar-refractivity contribution >= 4 is 0 Å². The Labute approximate surface area is 154 Å². The zero-order valence-corrected chi connectivity index (χ0v) is 15.8. The first kappa shape index (κ1) is 17.0. The molecule has 0 saturated carbocycles. The number of ether oxygens (including phenoxy) is 4. The molecule has 6 nitrogen and oxygen atoms in total. The Morgan fingerprint density at radius 2 is 1.23 bits per heavy atom. The third kappa shape index (κ3) is 2.87. The van der Waals surface area contributed by atoms with Gasteiger partial charge in [-0.1, -0.05) is 19.4 Å². The summed E-state index contributed by atoms with van der Waals surface area (Å²) in [6.07, 6.45) is 4.87. The lowest BCUT2D eigenvalue weighted by molar-refractivity contribution is 0.0897. The first-order chi connectivity index (χ1) is 12.4. The molecule has 0 amide bonds. The van der Waals surface area contributed by atoms with Gasteiger partial charge in [-0.3, -0.25) is 0 Å². The normalized spacial score (nSPS) is 46.5. The molecule has 0 aromatic rings. The van der Waals surface area contributed by atoms with Gasteiger partial charge in [0.1, 0.15) is 0 Å². The maximum atomic E-state index is 6.75. The molecule has 4 aliphatic heterocycles. The molecule has 0 spiro atoms. The Balaban J connectivity index is 1.60. The summed E-state index contributed by atoms with van der Waals surface area (Å²) >= 11 is 0. The van der Waals surface area contributed by atoms with E-state index in [0.717, 1.165) is 63.5 Å². The van der Waals surface area contributed by atoms with E-state index in [4.69, 9.17) is 30.4 Å². The minimum atomic E-state index is -0.234. The minimum Gasteiger partial charge on any atom is -0.400 e. The molecule has 1 aliphatic carbocycles. The van der Waals surface area contributed by atoms with Crippen molar-refractivity contribution in [2.75, 3.05) is 26.4 Å². The standard InChI is InChI=1S/C20H30N2O4/c1-19(5-13-9-25-13)16(4-12-8-24-12)15(3-11-7-23-11)17(21)18(22)20(19,2)6-14-10-26-14/h11-14H,3-10,21-22H2,1-2H3. The molecule has 5 rings (SSSR count). The van der Waals surface area contributed by atoms with Gasteiger partial charge in [-0.15, -0.1) is 0 Å². The third-order valence-electron chi connectivity index (χ3n) is 7.20. The summed E-state index contributed by atoms with van der Waals surface area (Å²) in [5.74, 6) is 0. The van der Waals surface area contributed by atoms with Crippen LogP contribution in [0.3, 0.4) is 0 Å². The highest BCUT2D eigenvalue weighted by Crippen LogP contribution is 2.61. The van der Waals surface area contributed by atoms with Crippen molar-refractivity contribution in [3.63, 3.8) is 0 Å². The molecule has 4 N–H and O–H groups in total. The van der Waals surface area contributed by atoms with Gasteiger partial charge in [0.2, 0.25) is 0 Å². The molecule has 0 bridgehead atoms. The Kier molecular flexibility index (Phi) is 3.74. The van der Waals surface area contributed by atoms with Crippen molar-refractivity contribution < 1.29 is 18.9 Å². The molecule has 144 valence electrons. The van der Waals surface area contributed by atoms with Gasteiger partial charge in [-0.05, 0) is 24.8 Å². The van der Waals surface area contributed by atoms with Crippen LogP contribution in [0.25, 0.3) is 0 Å². The Morgan fingerprint density at radius 1 is 0.769 bits per heavy atom. The van der Waals surface area contributed by atoms with Gasteiger partial charge in [0.25, 0.3) is 0 Å². The van der Waals surface area contributed by atoms with Gasteiger partial charge in [0.15, 0.2) is 0 Å². The third-order valence-corrected chi connectivity index (χ3v) is 7.20. The molecular formula is C20H30N2O4. The number of nitrogens with two attached hydrogens (primary N) is 2. The number of rotatable bonds is 8. The van der Waals surface area contributed by atoms with E-state index in [2.05, 4.69) is 13.8 Å². The Bertz CT molecular complexity index is 673. The predicted molar refractivity (Wildman–Crippen MR) is 96.1 cm³/mol. The fourth-order valence-corrected chi connectivity index (χ4v) is 4.96. The van der Waals surface area contributed by atoms with Crippen LogP contribution in [0, 0.1) is 10.8 Å². The van der Waals surface area contributed by atoms with E-state index in [1.165, 1.54) is 11.1 Å². The molecule has 5 aliphatic rings. The van der Waals surface area contributed by atoms with Crippen LogP contribution in [0.2, 0.25) is 0 Å². The fraction of sp³-hybridized carbons (Fsp3) is 0.800. The summed E-state index contributed by atoms with van der Waals surface area (Å²) < 4.78 is 22.4. The van der Waals surface area contributed by atoms with Gasteiger partial charge < -0.3 is 30.4 Å². The zero-order valence-electron chi connectivity index (χ0n) is 15.8. The van der Waals surface area contributed by atoms with Gasteiger partial charge >= 0.3 is 0 Å². The topological polar surface area (TPSA) is 102 Å². The highest BCUT2D eigenvalue weighted by molar-refractivity contribution is 5.49. The van der Waals surface area contributed by atoms with Gasteiger partial charge in [-0.2, -0.15) is 0 Å². The number of hydrogen-bond donors (Lipinski definition) is 2. The SMILES string of the molecule is CC1(CC2CO2)C(N)=C(N)C(CC2CO2)=C(CC2CO2)C1(C)CC1CO1. The predicted octanol–water partition coefficient (Wildman–Crippen LogP) is 1.59. The van der Waals surface area contributed by atoms with Crippen LogP contribution in [0.4, 0.5) is 0 Å². The summed E-state index contributed by atoms with van der Waals surface area (Å²) in [5, 5.41) is 0. The summed E-state index contributed by atoms with van der Waals surface area (Å²) in [5.41, 5.74) is 17.3. The highest BCUT2D eigenvalue weighted by Gasteiger charge is 2.57. The van der Waals surface area contributed by atoms with Gasteiger partial charge in [0.05, 0.1) is 56.5 Å². The summed E-state index contributed by atoms with van der Waals surface area (Å²) in [6.45, 7) is 7.97. The van der Waals surface area contributed by atoms with Crippen molar-refractivity contribution in [2.24, 2.45) is 22.3 Å². The van der Waals surface area contributed by atoms with Crippen LogP contribution in [0.15, 0.2) is 22.5 Å². The van der Waals surface area contributed by atoms with Crippen molar-refractivity contribution in [1.29, 1.82) is 0 Å². The van der Waals surface area contributed by atoms with Crippen LogP contribution in [-0.4, -0.2) is 50.8 Å². The first-order valence-electron chi connectivity index (χ1n) is 9.86. The first-order valence-corrected chi connectivity index (χ1v) is 9.86. The zero-order chi connectivity index (χ0) is 18.1. The summed E-state index contributed by atoms with van der Waals surface area (Å²) in [6, 6.07) is 0. The molecule has 6 heteroatoms. The van der Waals surface area contributed by atoms with E-state index >= 15 is 0 Å². The van der Waals surface area contributed by atoms with Crippen LogP contribution < -0.4 is 11.5 Å². The Hall–Kier alpha value is -1.08. The van der Waals surface area contributed by atoms with Crippen molar-refractivity contribution in [3.05, 3.63) is 22.5 Å². The van der Waals surface area contributed by atoms with E-state index in [9.17, 15) is 0 Å². The summed E-state index contributed by atoms with van der Waals surface area (Å²) in [7, 11) is 0. The quantitative estimate of drug-likeness (QED) is 0.636. The lowest BCUT2D eigenvalue weighted by atomic mass is 9.52. The number of allylic oxidation sites excluding steroid dienone is 2. The molecule has 4 heterocycles. The second-order valence-electron chi connectivity index (χ2n) is 9.09. The lowest BCUT2D eigenvalue weighted by Crippen LogP contribution is -2.49. The summed E-state index contributed by atoms with van der Waals surface area (Å²) in [4.78, 5) is 0. The molecule has 0 aromatic heterocycles. The maximum absolute atomic E-state index is 6.75. The second kappa shape index (κ2) is 5.71. The van der Waals surface area contributed by atoms with Crippen molar-refractivity contribution in [3.8, 4) is 0 Å². The van der Waals surface area contributed by atoms with E-state index in [1.807, 2.05) is 0 Å². The van der Waals surface area contributed by atoms with Crippen LogP contribution in [0.5, 0.6) is 0 Å². The van der Waals surface area contributed by atoms with E-state index < -0.39 is 0 Å². The molecule has 6 unspecified atom stereocenters. The monoisotopic (exact) mass is 362 g/mol. The van der Waals surface area contributed by atoms with Crippen LogP contribution >= 0.6 is 0 Å². The Morgan fingerprint density at radius 3 is 1.73 bits per heavy atom. The lowest BCUT2D eigenvalue weighted by Gasteiger charge is -2.53. The van der Waals surface area contributed by atoms with Crippen LogP contribution in [0.1, 0.15) is 39.5 Å².